The van der Waals surface area contributed by atoms with Gasteiger partial charge in [0.15, 0.2) is 0 Å². The minimum absolute atomic E-state index is 0. The molecule has 1 rings (SSSR count). The number of rotatable bonds is 4. The zero-order chi connectivity index (χ0) is 9.68. The number of thiophene rings is 1. The third-order valence-corrected chi connectivity index (χ3v) is 3.09. The number of hydrogen-bond acceptors (Lipinski definition) is 3. The fourth-order valence-electron chi connectivity index (χ4n) is 0.827. The van der Waals surface area contributed by atoms with E-state index in [0.717, 1.165) is 15.1 Å². The van der Waals surface area contributed by atoms with E-state index >= 15 is 0 Å². The smallest absolute Gasteiger partial charge is 0.261 e. The Morgan fingerprint density at radius 1 is 1.57 bits per heavy atom. The number of nitrogens with two attached hydrogens (primary N) is 1. The van der Waals surface area contributed by atoms with Gasteiger partial charge in [0, 0.05) is 6.54 Å². The van der Waals surface area contributed by atoms with E-state index in [1.807, 2.05) is 6.07 Å². The van der Waals surface area contributed by atoms with Gasteiger partial charge in [-0.25, -0.2) is 0 Å². The summed E-state index contributed by atoms with van der Waals surface area (Å²) in [6, 6.07) is 3.66. The molecule has 0 aliphatic heterocycles. The van der Waals surface area contributed by atoms with Gasteiger partial charge >= 0.3 is 0 Å². The number of hydrogen-bond donors (Lipinski definition) is 2. The molecule has 0 bridgehead atoms. The van der Waals surface area contributed by atoms with Crippen LogP contribution in [0.5, 0.6) is 0 Å². The molecule has 0 fully saturated rings. The maximum absolute atomic E-state index is 11.4. The Morgan fingerprint density at radius 3 is 2.79 bits per heavy atom. The summed E-state index contributed by atoms with van der Waals surface area (Å²) >= 11 is 4.73. The predicted molar refractivity (Wildman–Crippen MR) is 65.3 cm³/mol. The molecule has 6 heteroatoms. The first kappa shape index (κ1) is 13.9. The van der Waals surface area contributed by atoms with Crippen molar-refractivity contribution in [1.29, 1.82) is 0 Å². The monoisotopic (exact) mass is 298 g/mol. The molecule has 0 aliphatic rings. The summed E-state index contributed by atoms with van der Waals surface area (Å²) in [7, 11) is 0. The molecule has 0 unspecified atom stereocenters. The lowest BCUT2D eigenvalue weighted by Gasteiger charge is -2.00. The van der Waals surface area contributed by atoms with Gasteiger partial charge in [-0.1, -0.05) is 0 Å². The molecule has 14 heavy (non-hydrogen) atoms. The lowest BCUT2D eigenvalue weighted by molar-refractivity contribution is 0.0957. The molecule has 0 aliphatic carbocycles. The first-order valence-electron chi connectivity index (χ1n) is 3.97. The van der Waals surface area contributed by atoms with Gasteiger partial charge in [-0.3, -0.25) is 4.79 Å². The highest BCUT2D eigenvalue weighted by Gasteiger charge is 2.06. The molecule has 1 aromatic heterocycles. The van der Waals surface area contributed by atoms with Gasteiger partial charge in [0.2, 0.25) is 0 Å². The van der Waals surface area contributed by atoms with Crippen molar-refractivity contribution in [1.82, 2.24) is 5.32 Å². The number of carbonyl (C=O) groups excluding carboxylic acids is 1. The van der Waals surface area contributed by atoms with Crippen molar-refractivity contribution in [2.24, 2.45) is 5.73 Å². The van der Waals surface area contributed by atoms with Crippen LogP contribution in [0.3, 0.4) is 0 Å². The summed E-state index contributed by atoms with van der Waals surface area (Å²) in [4.78, 5) is 12.1. The van der Waals surface area contributed by atoms with Crippen LogP contribution in [-0.2, 0) is 0 Å². The molecular formula is C8H12BrClN2OS. The van der Waals surface area contributed by atoms with Crippen molar-refractivity contribution in [2.75, 3.05) is 13.1 Å². The second kappa shape index (κ2) is 7.23. The Hall–Kier alpha value is -0.100. The van der Waals surface area contributed by atoms with Crippen molar-refractivity contribution in [3.8, 4) is 0 Å². The summed E-state index contributed by atoms with van der Waals surface area (Å²) < 4.78 is 0.969. The van der Waals surface area contributed by atoms with Gasteiger partial charge in [0.1, 0.15) is 0 Å². The van der Waals surface area contributed by atoms with E-state index in [0.29, 0.717) is 13.1 Å². The van der Waals surface area contributed by atoms with E-state index in [9.17, 15) is 4.79 Å². The van der Waals surface area contributed by atoms with Crippen LogP contribution in [-0.4, -0.2) is 19.0 Å². The Bertz CT molecular complexity index is 293. The average Bonchev–Trinajstić information content (AvgIpc) is 2.52. The van der Waals surface area contributed by atoms with Crippen LogP contribution in [0, 0.1) is 0 Å². The second-order valence-electron chi connectivity index (χ2n) is 2.50. The molecule has 1 aromatic rings. The van der Waals surface area contributed by atoms with Gasteiger partial charge in [-0.2, -0.15) is 0 Å². The zero-order valence-electron chi connectivity index (χ0n) is 7.46. The van der Waals surface area contributed by atoms with Crippen LogP contribution in [0.2, 0.25) is 0 Å². The van der Waals surface area contributed by atoms with Crippen molar-refractivity contribution in [3.63, 3.8) is 0 Å². The third-order valence-electron chi connectivity index (χ3n) is 1.46. The first-order valence-corrected chi connectivity index (χ1v) is 5.58. The number of amides is 1. The minimum atomic E-state index is -0.0239. The molecule has 0 saturated heterocycles. The Labute approximate surface area is 102 Å². The van der Waals surface area contributed by atoms with Crippen LogP contribution in [0.15, 0.2) is 15.9 Å². The number of carbonyl (C=O) groups is 1. The molecular weight excluding hydrogens is 288 g/mol. The standard InChI is InChI=1S/C8H11BrN2OS.ClH/c9-7-3-2-6(13-7)8(12)11-5-1-4-10;/h2-3H,1,4-5,10H2,(H,11,12);1H. The SMILES string of the molecule is Cl.NCCCNC(=O)c1ccc(Br)s1. The molecule has 80 valence electrons. The molecule has 3 nitrogen and oxygen atoms in total. The molecule has 1 heterocycles. The van der Waals surface area contributed by atoms with Gasteiger partial charge in [0.05, 0.1) is 8.66 Å². The van der Waals surface area contributed by atoms with E-state index in [-0.39, 0.29) is 18.3 Å². The van der Waals surface area contributed by atoms with Gasteiger partial charge in [0.25, 0.3) is 5.91 Å². The summed E-state index contributed by atoms with van der Waals surface area (Å²) in [6.07, 6.45) is 0.818. The predicted octanol–water partition coefficient (Wildman–Crippen LogP) is 2.01. The largest absolute Gasteiger partial charge is 0.351 e. The Balaban J connectivity index is 0.00000169. The summed E-state index contributed by atoms with van der Waals surface area (Å²) in [5, 5.41) is 2.78. The Kier molecular flexibility index (Phi) is 7.17. The molecule has 0 spiro atoms. The highest BCUT2D eigenvalue weighted by atomic mass is 79.9. The molecule has 0 aromatic carbocycles. The maximum atomic E-state index is 11.4. The van der Waals surface area contributed by atoms with Gasteiger partial charge < -0.3 is 11.1 Å². The van der Waals surface area contributed by atoms with Gasteiger partial charge in [-0.05, 0) is 41.0 Å². The average molecular weight is 300 g/mol. The third kappa shape index (κ3) is 4.41. The highest BCUT2D eigenvalue weighted by Crippen LogP contribution is 2.21. The van der Waals surface area contributed by atoms with Crippen LogP contribution < -0.4 is 11.1 Å². The summed E-state index contributed by atoms with van der Waals surface area (Å²) in [5.41, 5.74) is 5.30. The quantitative estimate of drug-likeness (QED) is 0.836. The van der Waals surface area contributed by atoms with E-state index in [2.05, 4.69) is 21.2 Å². The highest BCUT2D eigenvalue weighted by molar-refractivity contribution is 9.11. The molecule has 1 amide bonds. The summed E-state index contributed by atoms with van der Waals surface area (Å²) in [5.74, 6) is -0.0239. The lowest BCUT2D eigenvalue weighted by atomic mass is 10.4. The lowest BCUT2D eigenvalue weighted by Crippen LogP contribution is -2.25. The van der Waals surface area contributed by atoms with Gasteiger partial charge in [-0.15, -0.1) is 23.7 Å². The molecule has 0 atom stereocenters. The van der Waals surface area contributed by atoms with Crippen LogP contribution >= 0.6 is 39.7 Å². The van der Waals surface area contributed by atoms with Crippen molar-refractivity contribution >= 4 is 45.6 Å². The first-order chi connectivity index (χ1) is 6.24. The van der Waals surface area contributed by atoms with E-state index in [4.69, 9.17) is 5.73 Å². The second-order valence-corrected chi connectivity index (χ2v) is 4.96. The van der Waals surface area contributed by atoms with E-state index in [1.54, 1.807) is 6.07 Å². The Morgan fingerprint density at radius 2 is 2.29 bits per heavy atom. The summed E-state index contributed by atoms with van der Waals surface area (Å²) in [6.45, 7) is 1.25. The maximum Gasteiger partial charge on any atom is 0.261 e. The van der Waals surface area contributed by atoms with Crippen molar-refractivity contribution in [3.05, 3.63) is 20.8 Å². The minimum Gasteiger partial charge on any atom is -0.351 e. The van der Waals surface area contributed by atoms with Crippen molar-refractivity contribution < 1.29 is 4.79 Å². The molecule has 0 saturated carbocycles. The van der Waals surface area contributed by atoms with Crippen LogP contribution in [0.1, 0.15) is 16.1 Å². The topological polar surface area (TPSA) is 55.1 Å². The van der Waals surface area contributed by atoms with Crippen LogP contribution in [0.4, 0.5) is 0 Å². The van der Waals surface area contributed by atoms with E-state index < -0.39 is 0 Å². The number of nitrogens with one attached hydrogen (secondary N) is 1. The zero-order valence-corrected chi connectivity index (χ0v) is 10.7. The fourth-order valence-corrected chi connectivity index (χ4v) is 2.13. The molecule has 0 radical (unpaired) electrons. The molecule has 3 N–H and O–H groups in total. The van der Waals surface area contributed by atoms with E-state index in [1.165, 1.54) is 11.3 Å². The van der Waals surface area contributed by atoms with Crippen LogP contribution in [0.25, 0.3) is 0 Å². The normalized spacial score (nSPS) is 9.29. The van der Waals surface area contributed by atoms with Crippen molar-refractivity contribution in [2.45, 2.75) is 6.42 Å². The number of halogens is 2. The fraction of sp³-hybridized carbons (Fsp3) is 0.375.